The molecule has 0 amide bonds. The Kier molecular flexibility index (Phi) is 16.2. The lowest BCUT2D eigenvalue weighted by atomic mass is 9.82. The molecule has 3 heteroatoms. The van der Waals surface area contributed by atoms with Crippen LogP contribution in [0.1, 0.15) is 124 Å². The molecule has 0 bridgehead atoms. The summed E-state index contributed by atoms with van der Waals surface area (Å²) in [5.41, 5.74) is 5.71. The summed E-state index contributed by atoms with van der Waals surface area (Å²) in [6, 6.07) is -0.111. The number of carbonyl (C=O) groups excluding carboxylic acids is 1. The fourth-order valence-corrected chi connectivity index (χ4v) is 3.21. The third-order valence-electron chi connectivity index (χ3n) is 5.55. The molecule has 0 radical (unpaired) electrons. The number of nitrogens with two attached hydrogens (primary N) is 1. The zero-order chi connectivity index (χ0) is 19.7. The lowest BCUT2D eigenvalue weighted by molar-refractivity contribution is -0.155. The Hall–Kier alpha value is -0.570. The first-order valence-corrected chi connectivity index (χ1v) is 11.4. The zero-order valence-corrected chi connectivity index (χ0v) is 18.3. The highest BCUT2D eigenvalue weighted by Crippen LogP contribution is 2.25. The second kappa shape index (κ2) is 16.6. The van der Waals surface area contributed by atoms with Crippen LogP contribution in [-0.2, 0) is 9.53 Å². The van der Waals surface area contributed by atoms with E-state index in [0.29, 0.717) is 6.61 Å². The average molecular weight is 370 g/mol. The molecule has 0 aliphatic heterocycles. The van der Waals surface area contributed by atoms with Crippen molar-refractivity contribution in [2.75, 3.05) is 6.61 Å². The van der Waals surface area contributed by atoms with Crippen LogP contribution in [0.4, 0.5) is 0 Å². The first kappa shape index (κ1) is 25.4. The third kappa shape index (κ3) is 12.7. The summed E-state index contributed by atoms with van der Waals surface area (Å²) in [4.78, 5) is 12.2. The predicted molar refractivity (Wildman–Crippen MR) is 113 cm³/mol. The summed E-state index contributed by atoms with van der Waals surface area (Å²) in [5.74, 6) is -0.141. The van der Waals surface area contributed by atoms with Crippen LogP contribution in [0.15, 0.2) is 0 Å². The molecule has 0 aliphatic carbocycles. The van der Waals surface area contributed by atoms with Crippen molar-refractivity contribution in [2.45, 2.75) is 130 Å². The molecule has 0 saturated heterocycles. The highest BCUT2D eigenvalue weighted by atomic mass is 16.5. The van der Waals surface area contributed by atoms with E-state index < -0.39 is 5.41 Å². The molecule has 1 atom stereocenters. The van der Waals surface area contributed by atoms with E-state index in [1.54, 1.807) is 0 Å². The van der Waals surface area contributed by atoms with Gasteiger partial charge in [0, 0.05) is 6.04 Å². The Morgan fingerprint density at radius 1 is 0.769 bits per heavy atom. The van der Waals surface area contributed by atoms with Crippen LogP contribution in [0.25, 0.3) is 0 Å². The number of esters is 1. The van der Waals surface area contributed by atoms with Gasteiger partial charge in [-0.25, -0.2) is 0 Å². The second-order valence-electron chi connectivity index (χ2n) is 8.50. The van der Waals surface area contributed by atoms with E-state index in [-0.39, 0.29) is 12.0 Å². The zero-order valence-electron chi connectivity index (χ0n) is 18.3. The first-order chi connectivity index (χ1) is 12.5. The van der Waals surface area contributed by atoms with Crippen molar-refractivity contribution in [1.82, 2.24) is 0 Å². The van der Waals surface area contributed by atoms with E-state index in [4.69, 9.17) is 10.5 Å². The number of hydrogen-bond donors (Lipinski definition) is 1. The minimum atomic E-state index is -0.578. The maximum atomic E-state index is 12.2. The van der Waals surface area contributed by atoms with Gasteiger partial charge < -0.3 is 10.5 Å². The van der Waals surface area contributed by atoms with Gasteiger partial charge in [0.05, 0.1) is 12.0 Å². The van der Waals surface area contributed by atoms with Gasteiger partial charge in [-0.1, -0.05) is 97.3 Å². The van der Waals surface area contributed by atoms with Gasteiger partial charge in [0.1, 0.15) is 0 Å². The first-order valence-electron chi connectivity index (χ1n) is 11.4. The fraction of sp³-hybridized carbons (Fsp3) is 0.957. The molecule has 3 nitrogen and oxygen atoms in total. The van der Waals surface area contributed by atoms with E-state index in [9.17, 15) is 4.79 Å². The molecule has 0 rings (SSSR count). The van der Waals surface area contributed by atoms with Crippen molar-refractivity contribution in [1.29, 1.82) is 0 Å². The molecule has 0 spiro atoms. The van der Waals surface area contributed by atoms with Gasteiger partial charge in [-0.3, -0.25) is 4.79 Å². The molecule has 0 aromatic rings. The molecule has 0 saturated carbocycles. The van der Waals surface area contributed by atoms with Crippen LogP contribution in [0, 0.1) is 5.41 Å². The van der Waals surface area contributed by atoms with Gasteiger partial charge in [0.15, 0.2) is 0 Å². The van der Waals surface area contributed by atoms with Crippen LogP contribution in [0.3, 0.4) is 0 Å². The molecule has 0 fully saturated rings. The van der Waals surface area contributed by atoms with Crippen LogP contribution in [0.5, 0.6) is 0 Å². The quantitative estimate of drug-likeness (QED) is 0.214. The number of ether oxygens (including phenoxy) is 1. The largest absolute Gasteiger partial charge is 0.465 e. The normalized spacial score (nSPS) is 13.0. The second-order valence-corrected chi connectivity index (χ2v) is 8.50. The van der Waals surface area contributed by atoms with E-state index in [1.807, 2.05) is 13.8 Å². The Balaban J connectivity index is 3.60. The van der Waals surface area contributed by atoms with E-state index in [0.717, 1.165) is 25.7 Å². The van der Waals surface area contributed by atoms with E-state index >= 15 is 0 Å². The Morgan fingerprint density at radius 3 is 1.65 bits per heavy atom. The third-order valence-corrected chi connectivity index (χ3v) is 5.55. The average Bonchev–Trinajstić information content (AvgIpc) is 2.62. The Bertz CT molecular complexity index is 328. The van der Waals surface area contributed by atoms with Gasteiger partial charge in [0.25, 0.3) is 0 Å². The highest BCUT2D eigenvalue weighted by molar-refractivity contribution is 5.76. The lowest BCUT2D eigenvalue weighted by Crippen LogP contribution is -2.44. The molecule has 2 N–H and O–H groups in total. The maximum Gasteiger partial charge on any atom is 0.313 e. The van der Waals surface area contributed by atoms with E-state index in [2.05, 4.69) is 13.8 Å². The molecule has 0 aliphatic rings. The van der Waals surface area contributed by atoms with Gasteiger partial charge in [-0.15, -0.1) is 0 Å². The monoisotopic (exact) mass is 369 g/mol. The van der Waals surface area contributed by atoms with Crippen molar-refractivity contribution < 1.29 is 9.53 Å². The Labute approximate surface area is 163 Å². The SMILES string of the molecule is CCCCCCCCCCCCCCC(N)C(C)(C)C(=O)OCCCC. The molecule has 1 unspecified atom stereocenters. The topological polar surface area (TPSA) is 52.3 Å². The van der Waals surface area contributed by atoms with Gasteiger partial charge in [-0.2, -0.15) is 0 Å². The van der Waals surface area contributed by atoms with Gasteiger partial charge in [-0.05, 0) is 26.7 Å². The number of hydrogen-bond acceptors (Lipinski definition) is 3. The summed E-state index contributed by atoms with van der Waals surface area (Å²) in [7, 11) is 0. The summed E-state index contributed by atoms with van der Waals surface area (Å²) in [6.07, 6.45) is 19.0. The number of unbranched alkanes of at least 4 members (excludes halogenated alkanes) is 12. The molecular weight excluding hydrogens is 322 g/mol. The van der Waals surface area contributed by atoms with Crippen molar-refractivity contribution >= 4 is 5.97 Å². The highest BCUT2D eigenvalue weighted by Gasteiger charge is 2.35. The van der Waals surface area contributed by atoms with Crippen LogP contribution < -0.4 is 5.73 Å². The molecule has 26 heavy (non-hydrogen) atoms. The predicted octanol–water partition coefficient (Wildman–Crippen LogP) is 6.77. The minimum absolute atomic E-state index is 0.111. The lowest BCUT2D eigenvalue weighted by Gasteiger charge is -2.29. The van der Waals surface area contributed by atoms with Crippen molar-refractivity contribution in [3.05, 3.63) is 0 Å². The summed E-state index contributed by atoms with van der Waals surface area (Å²) >= 11 is 0. The van der Waals surface area contributed by atoms with Crippen molar-refractivity contribution in [3.8, 4) is 0 Å². The molecule has 0 aromatic heterocycles. The van der Waals surface area contributed by atoms with E-state index in [1.165, 1.54) is 70.6 Å². The smallest absolute Gasteiger partial charge is 0.313 e. The summed E-state index contributed by atoms with van der Waals surface area (Å²) in [6.45, 7) is 8.73. The van der Waals surface area contributed by atoms with Crippen LogP contribution in [-0.4, -0.2) is 18.6 Å². The standard InChI is InChI=1S/C23H47NO2/c1-5-7-9-10-11-12-13-14-15-16-17-18-19-21(24)23(3,4)22(25)26-20-8-6-2/h21H,5-20,24H2,1-4H3. The van der Waals surface area contributed by atoms with Crippen LogP contribution >= 0.6 is 0 Å². The van der Waals surface area contributed by atoms with Crippen molar-refractivity contribution in [2.24, 2.45) is 11.1 Å². The number of rotatable bonds is 18. The van der Waals surface area contributed by atoms with Gasteiger partial charge >= 0.3 is 5.97 Å². The Morgan fingerprint density at radius 2 is 1.19 bits per heavy atom. The molecule has 0 aromatic carbocycles. The fourth-order valence-electron chi connectivity index (χ4n) is 3.21. The minimum Gasteiger partial charge on any atom is -0.465 e. The number of carbonyl (C=O) groups is 1. The van der Waals surface area contributed by atoms with Gasteiger partial charge in [0.2, 0.25) is 0 Å². The van der Waals surface area contributed by atoms with Crippen molar-refractivity contribution in [3.63, 3.8) is 0 Å². The molecule has 0 heterocycles. The summed E-state index contributed by atoms with van der Waals surface area (Å²) < 4.78 is 5.36. The maximum absolute atomic E-state index is 12.2. The summed E-state index contributed by atoms with van der Waals surface area (Å²) in [5, 5.41) is 0. The van der Waals surface area contributed by atoms with Crippen LogP contribution in [0.2, 0.25) is 0 Å². The molecular formula is C23H47NO2. The molecule has 156 valence electrons.